The van der Waals surface area contributed by atoms with Crippen LogP contribution >= 0.6 is 0 Å². The number of hydrogen-bond acceptors (Lipinski definition) is 5. The lowest BCUT2D eigenvalue weighted by molar-refractivity contribution is -0.140. The summed E-state index contributed by atoms with van der Waals surface area (Å²) in [5.41, 5.74) is 2.29. The quantitative estimate of drug-likeness (QED) is 0.788. The fourth-order valence-corrected chi connectivity index (χ4v) is 2.87. The average Bonchev–Trinajstić information content (AvgIpc) is 3.00. The number of dihydropyridines is 1. The van der Waals surface area contributed by atoms with Gasteiger partial charge in [0, 0.05) is 17.3 Å². The summed E-state index contributed by atoms with van der Waals surface area (Å²) < 4.78 is 10.4. The molecule has 1 fully saturated rings. The van der Waals surface area contributed by atoms with Gasteiger partial charge in [-0.05, 0) is 59.3 Å². The molecule has 0 aromatic carbocycles. The van der Waals surface area contributed by atoms with E-state index in [0.717, 1.165) is 5.92 Å². The van der Waals surface area contributed by atoms with Crippen LogP contribution in [-0.2, 0) is 19.1 Å². The molecule has 5 nitrogen and oxygen atoms in total. The summed E-state index contributed by atoms with van der Waals surface area (Å²) in [6.45, 7) is 7.70. The van der Waals surface area contributed by atoms with Gasteiger partial charge < -0.3 is 14.8 Å². The van der Waals surface area contributed by atoms with Gasteiger partial charge in [-0.15, -0.1) is 0 Å². The third kappa shape index (κ3) is 3.59. The lowest BCUT2D eigenvalue weighted by Crippen LogP contribution is -2.36. The number of esters is 2. The Kier molecular flexibility index (Phi) is 5.85. The van der Waals surface area contributed by atoms with Gasteiger partial charge in [0.2, 0.25) is 0 Å². The van der Waals surface area contributed by atoms with Crippen LogP contribution in [0.2, 0.25) is 0 Å². The maximum absolute atomic E-state index is 12.5. The first-order valence-electron chi connectivity index (χ1n) is 7.75. The van der Waals surface area contributed by atoms with E-state index in [1.54, 1.807) is 13.8 Å². The van der Waals surface area contributed by atoms with Crippen LogP contribution in [-0.4, -0.2) is 25.2 Å². The minimum absolute atomic E-state index is 0.279. The van der Waals surface area contributed by atoms with Crippen molar-refractivity contribution in [1.29, 1.82) is 0 Å². The van der Waals surface area contributed by atoms with Crippen LogP contribution in [0.3, 0.4) is 0 Å². The molecule has 5 heteroatoms. The minimum Gasteiger partial charge on any atom is -0.463 e. The molecule has 1 saturated carbocycles. The molecule has 23 heavy (non-hydrogen) atoms. The molecule has 1 aliphatic heterocycles. The second kappa shape index (κ2) is 7.66. The van der Waals surface area contributed by atoms with Crippen molar-refractivity contribution in [3.05, 3.63) is 54.1 Å². The van der Waals surface area contributed by atoms with Crippen molar-refractivity contribution >= 4 is 11.9 Å². The summed E-state index contributed by atoms with van der Waals surface area (Å²) in [5.74, 6) is -0.448. The largest absolute Gasteiger partial charge is 0.463 e. The van der Waals surface area contributed by atoms with Crippen molar-refractivity contribution in [1.82, 2.24) is 5.32 Å². The molecule has 0 spiro atoms. The SMILES string of the molecule is CCOC(=O)C1=C(C)NC(C)=C(C(=O)OCC)C1[C]1[CH][CH][CH][CH]1. The summed E-state index contributed by atoms with van der Waals surface area (Å²) in [6, 6.07) is 0. The summed E-state index contributed by atoms with van der Waals surface area (Å²) in [5, 5.41) is 3.11. The molecular weight excluding hydrogens is 294 g/mol. The Morgan fingerprint density at radius 3 is 1.78 bits per heavy atom. The molecule has 0 bridgehead atoms. The molecule has 0 aromatic rings. The minimum atomic E-state index is -0.482. The Balaban J connectivity index is 2.45. The Bertz CT molecular complexity index is 501. The molecule has 1 heterocycles. The zero-order valence-electron chi connectivity index (χ0n) is 13.9. The van der Waals surface area contributed by atoms with E-state index in [1.807, 2.05) is 39.5 Å². The van der Waals surface area contributed by atoms with Crippen LogP contribution in [0.4, 0.5) is 0 Å². The Morgan fingerprint density at radius 1 is 0.957 bits per heavy atom. The Labute approximate surface area is 138 Å². The van der Waals surface area contributed by atoms with Gasteiger partial charge in [-0.1, -0.05) is 0 Å². The number of allylic oxidation sites excluding steroid dienone is 2. The van der Waals surface area contributed by atoms with Crippen LogP contribution < -0.4 is 5.32 Å². The fraction of sp³-hybridized carbons (Fsp3) is 0.389. The number of hydrogen-bond donors (Lipinski definition) is 1. The second-order valence-corrected chi connectivity index (χ2v) is 5.29. The number of ether oxygens (including phenoxy) is 2. The highest BCUT2D eigenvalue weighted by Crippen LogP contribution is 2.43. The molecule has 2 rings (SSSR count). The maximum atomic E-state index is 12.5. The average molecular weight is 316 g/mol. The van der Waals surface area contributed by atoms with Gasteiger partial charge in [0.25, 0.3) is 0 Å². The third-order valence-electron chi connectivity index (χ3n) is 3.77. The molecular formula is C18H22NO4. The third-order valence-corrected chi connectivity index (χ3v) is 3.77. The summed E-state index contributed by atoms with van der Waals surface area (Å²) in [7, 11) is 0. The van der Waals surface area contributed by atoms with Crippen molar-refractivity contribution in [3.8, 4) is 0 Å². The first-order valence-corrected chi connectivity index (χ1v) is 7.75. The first kappa shape index (κ1) is 17.6. The van der Waals surface area contributed by atoms with E-state index in [-0.39, 0.29) is 13.2 Å². The van der Waals surface area contributed by atoms with Gasteiger partial charge in [0.1, 0.15) is 0 Å². The van der Waals surface area contributed by atoms with Crippen molar-refractivity contribution in [2.45, 2.75) is 27.7 Å². The van der Waals surface area contributed by atoms with Crippen LogP contribution in [0.15, 0.2) is 22.5 Å². The molecule has 0 amide bonds. The molecule has 0 atom stereocenters. The first-order chi connectivity index (χ1) is 11.0. The predicted molar refractivity (Wildman–Crippen MR) is 85.7 cm³/mol. The topological polar surface area (TPSA) is 64.6 Å². The van der Waals surface area contributed by atoms with Crippen LogP contribution in [0.25, 0.3) is 0 Å². The number of carbonyl (C=O) groups excluding carboxylic acids is 2. The van der Waals surface area contributed by atoms with Gasteiger partial charge >= 0.3 is 11.9 Å². The molecule has 5 radical (unpaired) electrons. The number of rotatable bonds is 5. The van der Waals surface area contributed by atoms with Crippen molar-refractivity contribution < 1.29 is 19.1 Å². The van der Waals surface area contributed by atoms with Crippen molar-refractivity contribution in [2.24, 2.45) is 5.92 Å². The highest BCUT2D eigenvalue weighted by molar-refractivity contribution is 5.99. The molecule has 123 valence electrons. The summed E-state index contributed by atoms with van der Waals surface area (Å²) in [6.07, 6.45) is 7.56. The van der Waals surface area contributed by atoms with E-state index < -0.39 is 17.9 Å². The highest BCUT2D eigenvalue weighted by Gasteiger charge is 2.42. The smallest absolute Gasteiger partial charge is 0.336 e. The number of nitrogens with one attached hydrogen (secondary N) is 1. The zero-order chi connectivity index (χ0) is 17.0. The van der Waals surface area contributed by atoms with Gasteiger partial charge in [0.05, 0.1) is 24.4 Å². The van der Waals surface area contributed by atoms with Gasteiger partial charge in [0.15, 0.2) is 0 Å². The van der Waals surface area contributed by atoms with Gasteiger partial charge in [-0.25, -0.2) is 9.59 Å². The van der Waals surface area contributed by atoms with Crippen LogP contribution in [0, 0.1) is 37.5 Å². The lowest BCUT2D eigenvalue weighted by Gasteiger charge is -2.33. The second-order valence-electron chi connectivity index (χ2n) is 5.29. The Morgan fingerprint density at radius 2 is 1.39 bits per heavy atom. The monoisotopic (exact) mass is 316 g/mol. The normalized spacial score (nSPS) is 19.8. The Hall–Kier alpha value is -1.78. The van der Waals surface area contributed by atoms with Crippen molar-refractivity contribution in [3.63, 3.8) is 0 Å². The number of carbonyl (C=O) groups is 2. The maximum Gasteiger partial charge on any atom is 0.336 e. The van der Waals surface area contributed by atoms with E-state index in [1.165, 1.54) is 0 Å². The van der Waals surface area contributed by atoms with Crippen LogP contribution in [0.5, 0.6) is 0 Å². The van der Waals surface area contributed by atoms with Gasteiger partial charge in [-0.3, -0.25) is 0 Å². The van der Waals surface area contributed by atoms with E-state index in [9.17, 15) is 9.59 Å². The predicted octanol–water partition coefficient (Wildman–Crippen LogP) is 2.29. The van der Waals surface area contributed by atoms with E-state index in [2.05, 4.69) is 5.32 Å². The zero-order valence-corrected chi connectivity index (χ0v) is 13.9. The molecule has 0 unspecified atom stereocenters. The van der Waals surface area contributed by atoms with Crippen molar-refractivity contribution in [2.75, 3.05) is 13.2 Å². The molecule has 1 aliphatic carbocycles. The lowest BCUT2D eigenvalue weighted by atomic mass is 9.76. The molecule has 0 saturated heterocycles. The molecule has 0 aromatic heterocycles. The summed E-state index contributed by atoms with van der Waals surface area (Å²) in [4.78, 5) is 24.9. The van der Waals surface area contributed by atoms with E-state index in [4.69, 9.17) is 9.47 Å². The van der Waals surface area contributed by atoms with E-state index in [0.29, 0.717) is 22.5 Å². The highest BCUT2D eigenvalue weighted by atomic mass is 16.5. The van der Waals surface area contributed by atoms with E-state index >= 15 is 0 Å². The molecule has 2 aliphatic rings. The summed E-state index contributed by atoms with van der Waals surface area (Å²) >= 11 is 0. The standard InChI is InChI=1S/C18H22NO4/c1-5-22-17(20)14-11(3)19-12(4)15(18(21)23-6-2)16(14)13-9-7-8-10-13/h7-10,16,19H,5-6H2,1-4H3. The van der Waals surface area contributed by atoms with Gasteiger partial charge in [-0.2, -0.15) is 0 Å². The fourth-order valence-electron chi connectivity index (χ4n) is 2.87. The van der Waals surface area contributed by atoms with Crippen LogP contribution in [0.1, 0.15) is 27.7 Å². The molecule has 1 N–H and O–H groups in total.